The number of nitrogens with zero attached hydrogens (tertiary/aromatic N) is 4. The van der Waals surface area contributed by atoms with Gasteiger partial charge in [-0.05, 0) is 33.6 Å². The smallest absolute Gasteiger partial charge is 0.303 e. The Morgan fingerprint density at radius 3 is 1.75 bits per heavy atom. The minimum absolute atomic E-state index is 0.0105. The second kappa shape index (κ2) is 7.34. The number of aliphatic carboxylic acids is 1. The predicted molar refractivity (Wildman–Crippen MR) is 69.7 cm³/mol. The Morgan fingerprint density at radius 1 is 1.05 bits per heavy atom. The molecule has 20 heavy (non-hydrogen) atoms. The van der Waals surface area contributed by atoms with Crippen LogP contribution in [0.1, 0.15) is 46.5 Å². The maximum Gasteiger partial charge on any atom is 0.303 e. The molecule has 0 heterocycles. The first kappa shape index (κ1) is 17.7. The molecule has 0 aromatic carbocycles. The average Bonchev–Trinajstić information content (AvgIpc) is 2.41. The van der Waals surface area contributed by atoms with Crippen LogP contribution < -0.4 is 0 Å². The zero-order valence-corrected chi connectivity index (χ0v) is 11.9. The molecule has 0 saturated carbocycles. The van der Waals surface area contributed by atoms with E-state index in [0.717, 1.165) is 0 Å². The van der Waals surface area contributed by atoms with Gasteiger partial charge >= 0.3 is 5.97 Å². The van der Waals surface area contributed by atoms with Gasteiger partial charge in [0.05, 0.1) is 12.1 Å². The first-order valence-corrected chi connectivity index (χ1v) is 6.14. The summed E-state index contributed by atoms with van der Waals surface area (Å²) in [5.74, 6) is -1.09. The van der Waals surface area contributed by atoms with Crippen molar-refractivity contribution in [2.24, 2.45) is 10.2 Å². The van der Waals surface area contributed by atoms with Crippen molar-refractivity contribution >= 4 is 11.8 Å². The lowest BCUT2D eigenvalue weighted by Crippen LogP contribution is -2.25. The summed E-state index contributed by atoms with van der Waals surface area (Å²) in [7, 11) is 0. The lowest BCUT2D eigenvalue weighted by atomic mass is 9.97. The van der Waals surface area contributed by atoms with Crippen molar-refractivity contribution in [3.63, 3.8) is 0 Å². The molecule has 0 amide bonds. The molecule has 0 spiro atoms. The Labute approximate surface area is 117 Å². The van der Waals surface area contributed by atoms with E-state index in [-0.39, 0.29) is 31.5 Å². The van der Waals surface area contributed by atoms with Crippen molar-refractivity contribution in [3.05, 3.63) is 0 Å². The van der Waals surface area contributed by atoms with E-state index in [0.29, 0.717) is 0 Å². The van der Waals surface area contributed by atoms with Gasteiger partial charge in [0.1, 0.15) is 5.78 Å². The number of carbonyl (C=O) groups is 2. The second-order valence-electron chi connectivity index (χ2n) is 5.07. The monoisotopic (exact) mass is 278 g/mol. The van der Waals surface area contributed by atoms with Gasteiger partial charge in [0.25, 0.3) is 0 Å². The van der Waals surface area contributed by atoms with Crippen LogP contribution in [0.15, 0.2) is 10.2 Å². The summed E-state index contributed by atoms with van der Waals surface area (Å²) in [5.41, 5.74) is -2.47. The minimum Gasteiger partial charge on any atom is -0.481 e. The van der Waals surface area contributed by atoms with Gasteiger partial charge in [-0.3, -0.25) is 4.79 Å². The lowest BCUT2D eigenvalue weighted by molar-refractivity contribution is -0.137. The number of hydrogen-bond acceptors (Lipinski definition) is 6. The average molecular weight is 278 g/mol. The fourth-order valence-corrected chi connectivity index (χ4v) is 1.25. The molecule has 0 bridgehead atoms. The van der Waals surface area contributed by atoms with Crippen LogP contribution in [-0.4, -0.2) is 27.9 Å². The van der Waals surface area contributed by atoms with Gasteiger partial charge in [-0.2, -0.15) is 20.8 Å². The standard InChI is InChI=1S/C13H18N4O3/c1-10(18)4-6-12(2,8-14)16-17-13(3,9-15)7-5-11(19)20/h4-7H2,1-3H3,(H,19,20). The number of azo groups is 1. The van der Waals surface area contributed by atoms with Crippen LogP contribution in [0.3, 0.4) is 0 Å². The molecule has 0 aliphatic heterocycles. The molecule has 0 radical (unpaired) electrons. The number of hydrogen-bond donors (Lipinski definition) is 1. The summed E-state index contributed by atoms with van der Waals surface area (Å²) in [6, 6.07) is 3.85. The molecule has 0 aromatic heterocycles. The molecule has 0 rings (SSSR count). The largest absolute Gasteiger partial charge is 0.481 e. The zero-order valence-electron chi connectivity index (χ0n) is 11.9. The van der Waals surface area contributed by atoms with E-state index in [1.165, 1.54) is 20.8 Å². The summed E-state index contributed by atoms with van der Waals surface area (Å²) in [6.45, 7) is 4.40. The molecule has 0 aliphatic rings. The molecule has 0 aromatic rings. The number of rotatable bonds is 8. The van der Waals surface area contributed by atoms with Crippen LogP contribution in [0, 0.1) is 22.7 Å². The molecule has 108 valence electrons. The van der Waals surface area contributed by atoms with Gasteiger partial charge < -0.3 is 9.90 Å². The molecular formula is C13H18N4O3. The molecule has 2 atom stereocenters. The molecule has 7 heteroatoms. The highest BCUT2D eigenvalue weighted by molar-refractivity contribution is 5.75. The summed E-state index contributed by atoms with van der Waals surface area (Å²) in [6.07, 6.45) is 0.209. The van der Waals surface area contributed by atoms with E-state index in [9.17, 15) is 9.59 Å². The highest BCUT2D eigenvalue weighted by atomic mass is 16.4. The van der Waals surface area contributed by atoms with Crippen molar-refractivity contribution in [1.82, 2.24) is 0 Å². The third-order valence-electron chi connectivity index (χ3n) is 2.76. The minimum atomic E-state index is -1.28. The SMILES string of the molecule is CC(=O)CCC(C)(C#N)N=NC(C)(C#N)CCC(=O)O. The van der Waals surface area contributed by atoms with Crippen molar-refractivity contribution in [1.29, 1.82) is 10.5 Å². The Bertz CT molecular complexity index is 445. The molecule has 0 aliphatic carbocycles. The lowest BCUT2D eigenvalue weighted by Gasteiger charge is -2.18. The van der Waals surface area contributed by atoms with Gasteiger partial charge in [-0.25, -0.2) is 0 Å². The Morgan fingerprint density at radius 2 is 1.45 bits per heavy atom. The number of carboxylic acids is 1. The van der Waals surface area contributed by atoms with Crippen LogP contribution in [0.4, 0.5) is 0 Å². The van der Waals surface area contributed by atoms with Gasteiger partial charge in [-0.15, -0.1) is 0 Å². The van der Waals surface area contributed by atoms with Gasteiger partial charge in [0, 0.05) is 12.8 Å². The highest BCUT2D eigenvalue weighted by Gasteiger charge is 2.29. The third-order valence-corrected chi connectivity index (χ3v) is 2.76. The van der Waals surface area contributed by atoms with Crippen LogP contribution in [-0.2, 0) is 9.59 Å². The van der Waals surface area contributed by atoms with E-state index in [1.54, 1.807) is 0 Å². The fraction of sp³-hybridized carbons (Fsp3) is 0.692. The molecule has 1 N–H and O–H groups in total. The summed E-state index contributed by atoms with van der Waals surface area (Å²) in [5, 5.41) is 34.5. The normalized spacial score (nSPS) is 16.6. The zero-order chi connectivity index (χ0) is 15.8. The molecule has 2 unspecified atom stereocenters. The number of ketones is 1. The number of Topliss-reactive ketones (excluding diaryl/α,β-unsaturated/α-hetero) is 1. The molecule has 7 nitrogen and oxygen atoms in total. The Kier molecular flexibility index (Phi) is 6.51. The predicted octanol–water partition coefficient (Wildman–Crippen LogP) is 2.24. The van der Waals surface area contributed by atoms with E-state index < -0.39 is 17.0 Å². The van der Waals surface area contributed by atoms with Gasteiger partial charge in [0.2, 0.25) is 0 Å². The summed E-state index contributed by atoms with van der Waals surface area (Å²) >= 11 is 0. The molecular weight excluding hydrogens is 260 g/mol. The summed E-state index contributed by atoms with van der Waals surface area (Å²) in [4.78, 5) is 21.5. The van der Waals surface area contributed by atoms with E-state index in [4.69, 9.17) is 15.6 Å². The van der Waals surface area contributed by atoms with Gasteiger partial charge in [0.15, 0.2) is 11.1 Å². The third kappa shape index (κ3) is 6.60. The quantitative estimate of drug-likeness (QED) is 0.681. The molecule has 0 fully saturated rings. The van der Waals surface area contributed by atoms with E-state index >= 15 is 0 Å². The van der Waals surface area contributed by atoms with Crippen LogP contribution in [0.2, 0.25) is 0 Å². The fourth-order valence-electron chi connectivity index (χ4n) is 1.25. The summed E-state index contributed by atoms with van der Waals surface area (Å²) < 4.78 is 0. The van der Waals surface area contributed by atoms with Crippen molar-refractivity contribution in [2.45, 2.75) is 57.5 Å². The number of carboxylic acid groups (broad SMARTS) is 1. The van der Waals surface area contributed by atoms with E-state index in [1.807, 2.05) is 12.1 Å². The van der Waals surface area contributed by atoms with Gasteiger partial charge in [-0.1, -0.05) is 0 Å². The van der Waals surface area contributed by atoms with E-state index in [2.05, 4.69) is 10.2 Å². The second-order valence-corrected chi connectivity index (χ2v) is 5.07. The Hall–Kier alpha value is -2.28. The number of nitriles is 2. The first-order valence-electron chi connectivity index (χ1n) is 6.14. The Balaban J connectivity index is 4.92. The van der Waals surface area contributed by atoms with Crippen molar-refractivity contribution in [2.75, 3.05) is 0 Å². The topological polar surface area (TPSA) is 127 Å². The number of carbonyl (C=O) groups excluding carboxylic acids is 1. The van der Waals surface area contributed by atoms with Crippen LogP contribution in [0.25, 0.3) is 0 Å². The van der Waals surface area contributed by atoms with Crippen LogP contribution >= 0.6 is 0 Å². The first-order chi connectivity index (χ1) is 9.16. The van der Waals surface area contributed by atoms with Crippen molar-refractivity contribution in [3.8, 4) is 12.1 Å². The van der Waals surface area contributed by atoms with Crippen LogP contribution in [0.5, 0.6) is 0 Å². The molecule has 0 saturated heterocycles. The highest BCUT2D eigenvalue weighted by Crippen LogP contribution is 2.23. The maximum atomic E-state index is 10.9. The maximum absolute atomic E-state index is 10.9. The van der Waals surface area contributed by atoms with Crippen molar-refractivity contribution < 1.29 is 14.7 Å².